The molecule has 2 heteroatoms. The van der Waals surface area contributed by atoms with Gasteiger partial charge in [0.1, 0.15) is 0 Å². The minimum absolute atomic E-state index is 0.0645. The van der Waals surface area contributed by atoms with Gasteiger partial charge in [-0.3, -0.25) is 0 Å². The third-order valence-corrected chi connectivity index (χ3v) is 9.81. The summed E-state index contributed by atoms with van der Waals surface area (Å²) < 4.78 is 2.65. The van der Waals surface area contributed by atoms with Gasteiger partial charge >= 0.3 is 0 Å². The fourth-order valence-corrected chi connectivity index (χ4v) is 7.93. The number of para-hydroxylation sites is 2. The molecular weight excluding hydrogens is 515 g/mol. The van der Waals surface area contributed by atoms with Crippen LogP contribution in [0.1, 0.15) is 25.0 Å². The van der Waals surface area contributed by atoms with Crippen LogP contribution in [0.25, 0.3) is 42.4 Å². The Balaban J connectivity index is 1.44. The second-order valence-corrected chi connectivity index (χ2v) is 12.4. The van der Waals surface area contributed by atoms with E-state index in [1.807, 2.05) is 11.3 Å². The lowest BCUT2D eigenvalue weighted by atomic mass is 9.82. The molecule has 1 aliphatic carbocycles. The molecule has 0 saturated carbocycles. The average molecular weight is 544 g/mol. The molecular formula is C39H29NS. The molecule has 1 nitrogen and oxygen atoms in total. The molecule has 1 aromatic heterocycles. The number of thiophene rings is 1. The van der Waals surface area contributed by atoms with Crippen LogP contribution < -0.4 is 4.90 Å². The van der Waals surface area contributed by atoms with Crippen LogP contribution in [0.15, 0.2) is 140 Å². The summed E-state index contributed by atoms with van der Waals surface area (Å²) in [6, 6.07) is 51.0. The lowest BCUT2D eigenvalue weighted by molar-refractivity contribution is 0.660. The number of anilines is 3. The molecule has 0 N–H and O–H groups in total. The smallest absolute Gasteiger partial charge is 0.0543 e. The van der Waals surface area contributed by atoms with Gasteiger partial charge in [0, 0.05) is 42.4 Å². The van der Waals surface area contributed by atoms with E-state index in [1.165, 1.54) is 64.9 Å². The largest absolute Gasteiger partial charge is 0.309 e. The molecule has 0 saturated heterocycles. The number of rotatable bonds is 4. The van der Waals surface area contributed by atoms with Gasteiger partial charge in [-0.25, -0.2) is 0 Å². The zero-order chi connectivity index (χ0) is 27.6. The van der Waals surface area contributed by atoms with Crippen molar-refractivity contribution in [2.75, 3.05) is 4.90 Å². The van der Waals surface area contributed by atoms with Crippen LogP contribution in [0.5, 0.6) is 0 Å². The predicted octanol–water partition coefficient (Wildman–Crippen LogP) is 11.5. The van der Waals surface area contributed by atoms with E-state index < -0.39 is 0 Å². The van der Waals surface area contributed by atoms with Gasteiger partial charge in [-0.05, 0) is 58.7 Å². The van der Waals surface area contributed by atoms with Gasteiger partial charge in [0.2, 0.25) is 0 Å². The van der Waals surface area contributed by atoms with E-state index in [4.69, 9.17) is 0 Å². The normalized spacial score (nSPS) is 13.3. The van der Waals surface area contributed by atoms with Crippen LogP contribution >= 0.6 is 11.3 Å². The highest BCUT2D eigenvalue weighted by Gasteiger charge is 2.37. The number of hydrogen-bond acceptors (Lipinski definition) is 2. The summed E-state index contributed by atoms with van der Waals surface area (Å²) in [6.07, 6.45) is 0. The topological polar surface area (TPSA) is 3.24 Å². The molecule has 41 heavy (non-hydrogen) atoms. The maximum atomic E-state index is 2.47. The lowest BCUT2D eigenvalue weighted by Crippen LogP contribution is -2.16. The second kappa shape index (κ2) is 9.19. The highest BCUT2D eigenvalue weighted by molar-refractivity contribution is 7.25. The number of fused-ring (bicyclic) bond motifs is 6. The van der Waals surface area contributed by atoms with Crippen LogP contribution in [0.4, 0.5) is 17.1 Å². The molecule has 7 aromatic rings. The van der Waals surface area contributed by atoms with Crippen LogP contribution in [0.2, 0.25) is 0 Å². The van der Waals surface area contributed by atoms with Gasteiger partial charge in [-0.15, -0.1) is 11.3 Å². The van der Waals surface area contributed by atoms with Crippen molar-refractivity contribution >= 4 is 48.6 Å². The van der Waals surface area contributed by atoms with E-state index in [9.17, 15) is 0 Å². The molecule has 0 aliphatic heterocycles. The fraction of sp³-hybridized carbons (Fsp3) is 0.0769. The number of hydrogen-bond donors (Lipinski definition) is 0. The Morgan fingerprint density at radius 2 is 1.10 bits per heavy atom. The van der Waals surface area contributed by atoms with Crippen LogP contribution in [-0.2, 0) is 5.41 Å². The summed E-state index contributed by atoms with van der Waals surface area (Å²) >= 11 is 1.87. The van der Waals surface area contributed by atoms with E-state index in [0.717, 1.165) is 5.69 Å². The van der Waals surface area contributed by atoms with Gasteiger partial charge in [0.15, 0.2) is 0 Å². The summed E-state index contributed by atoms with van der Waals surface area (Å²) in [4.78, 5) is 2.47. The van der Waals surface area contributed by atoms with Gasteiger partial charge in [-0.1, -0.05) is 117 Å². The maximum absolute atomic E-state index is 2.47. The van der Waals surface area contributed by atoms with Crippen molar-refractivity contribution in [2.45, 2.75) is 19.3 Å². The van der Waals surface area contributed by atoms with E-state index >= 15 is 0 Å². The molecule has 0 bridgehead atoms. The summed E-state index contributed by atoms with van der Waals surface area (Å²) in [5.74, 6) is 0. The standard InChI is InChI=1S/C39H29NS/c1-39(2)31-20-9-6-17-29(31)38-32(39)21-13-23-34(38)40(26-14-4-3-5-15-26)33-22-10-7-16-27(33)28-19-12-25-36-37(28)30-18-8-11-24-35(30)41-36/h3-25H,1-2H3. The highest BCUT2D eigenvalue weighted by Crippen LogP contribution is 2.55. The Morgan fingerprint density at radius 1 is 0.488 bits per heavy atom. The first kappa shape index (κ1) is 24.2. The molecule has 0 atom stereocenters. The van der Waals surface area contributed by atoms with Crippen molar-refractivity contribution in [2.24, 2.45) is 0 Å². The van der Waals surface area contributed by atoms with Gasteiger partial charge in [0.25, 0.3) is 0 Å². The van der Waals surface area contributed by atoms with Crippen LogP contribution in [-0.4, -0.2) is 0 Å². The summed E-state index contributed by atoms with van der Waals surface area (Å²) in [7, 11) is 0. The summed E-state index contributed by atoms with van der Waals surface area (Å²) in [5, 5.41) is 2.65. The van der Waals surface area contributed by atoms with Crippen LogP contribution in [0, 0.1) is 0 Å². The molecule has 1 aliphatic rings. The van der Waals surface area contributed by atoms with Crippen molar-refractivity contribution in [3.63, 3.8) is 0 Å². The van der Waals surface area contributed by atoms with Crippen molar-refractivity contribution < 1.29 is 0 Å². The molecule has 0 radical (unpaired) electrons. The highest BCUT2D eigenvalue weighted by atomic mass is 32.1. The number of benzene rings is 6. The Bertz CT molecular complexity index is 2080. The van der Waals surface area contributed by atoms with E-state index in [1.54, 1.807) is 0 Å². The van der Waals surface area contributed by atoms with Crippen molar-refractivity contribution in [3.8, 4) is 22.3 Å². The minimum atomic E-state index is -0.0645. The van der Waals surface area contributed by atoms with E-state index in [-0.39, 0.29) is 5.41 Å². The SMILES string of the molecule is CC1(C)c2ccccc2-c2c(N(c3ccccc3)c3ccccc3-c3cccc4sc5ccccc5c34)cccc21. The molecule has 0 unspecified atom stereocenters. The molecule has 0 fully saturated rings. The zero-order valence-corrected chi connectivity index (χ0v) is 24.0. The summed E-state index contributed by atoms with van der Waals surface area (Å²) in [6.45, 7) is 4.70. The predicted molar refractivity (Wildman–Crippen MR) is 177 cm³/mol. The zero-order valence-electron chi connectivity index (χ0n) is 23.1. The molecule has 196 valence electrons. The Kier molecular flexibility index (Phi) is 5.42. The van der Waals surface area contributed by atoms with Crippen LogP contribution in [0.3, 0.4) is 0 Å². The Morgan fingerprint density at radius 3 is 1.98 bits per heavy atom. The Labute approximate surface area is 245 Å². The minimum Gasteiger partial charge on any atom is -0.309 e. The van der Waals surface area contributed by atoms with E-state index in [0.29, 0.717) is 0 Å². The first-order valence-electron chi connectivity index (χ1n) is 14.2. The fourth-order valence-electron chi connectivity index (χ4n) is 6.80. The third-order valence-electron chi connectivity index (χ3n) is 8.68. The van der Waals surface area contributed by atoms with Crippen molar-refractivity contribution in [3.05, 3.63) is 151 Å². The quantitative estimate of drug-likeness (QED) is 0.213. The van der Waals surface area contributed by atoms with Crippen molar-refractivity contribution in [1.29, 1.82) is 0 Å². The molecule has 0 amide bonds. The maximum Gasteiger partial charge on any atom is 0.0543 e. The first-order chi connectivity index (χ1) is 20.1. The van der Waals surface area contributed by atoms with E-state index in [2.05, 4.69) is 158 Å². The molecule has 0 spiro atoms. The Hall–Kier alpha value is -4.66. The average Bonchev–Trinajstić information content (AvgIpc) is 3.51. The van der Waals surface area contributed by atoms with Crippen molar-refractivity contribution in [1.82, 2.24) is 0 Å². The van der Waals surface area contributed by atoms with Gasteiger partial charge in [0.05, 0.1) is 11.4 Å². The first-order valence-corrected chi connectivity index (χ1v) is 15.0. The molecule has 1 heterocycles. The van der Waals surface area contributed by atoms with Gasteiger partial charge in [-0.2, -0.15) is 0 Å². The lowest BCUT2D eigenvalue weighted by Gasteiger charge is -2.30. The third kappa shape index (κ3) is 3.61. The summed E-state index contributed by atoms with van der Waals surface area (Å²) in [5.41, 5.74) is 11.4. The second-order valence-electron chi connectivity index (χ2n) is 11.3. The monoisotopic (exact) mass is 543 g/mol. The number of nitrogens with zero attached hydrogens (tertiary/aromatic N) is 1. The van der Waals surface area contributed by atoms with Gasteiger partial charge < -0.3 is 4.90 Å². The molecule has 6 aromatic carbocycles. The molecule has 8 rings (SSSR count).